The predicted octanol–water partition coefficient (Wildman–Crippen LogP) is 0.294. The van der Waals surface area contributed by atoms with Gasteiger partial charge in [-0.1, -0.05) is 12.1 Å². The van der Waals surface area contributed by atoms with Crippen LogP contribution in [0.4, 0.5) is 13.2 Å². The molecule has 0 saturated heterocycles. The van der Waals surface area contributed by atoms with E-state index in [0.29, 0.717) is 0 Å². The van der Waals surface area contributed by atoms with Gasteiger partial charge < -0.3 is 14.8 Å². The molecule has 0 fully saturated rings. The average Bonchev–Trinajstić information content (AvgIpc) is 2.15. The first-order chi connectivity index (χ1) is 7.39. The molecule has 0 saturated carbocycles. The maximum absolute atomic E-state index is 13.2. The highest BCUT2D eigenvalue weighted by atomic mass is 19.3. The minimum atomic E-state index is -4.02. The van der Waals surface area contributed by atoms with Gasteiger partial charge in [0.05, 0.1) is 5.56 Å². The molecule has 16 heavy (non-hydrogen) atoms. The Kier molecular flexibility index (Phi) is 2.57. The molecule has 1 aliphatic rings. The summed E-state index contributed by atoms with van der Waals surface area (Å²) >= 11 is 0. The number of ether oxygens (including phenoxy) is 2. The van der Waals surface area contributed by atoms with Gasteiger partial charge in [0, 0.05) is 0 Å². The van der Waals surface area contributed by atoms with Gasteiger partial charge in [-0.3, -0.25) is 0 Å². The highest BCUT2D eigenvalue weighted by Gasteiger charge is 2.44. The van der Waals surface area contributed by atoms with Gasteiger partial charge in [0.25, 0.3) is 0 Å². The van der Waals surface area contributed by atoms with Crippen LogP contribution in [0.5, 0.6) is 5.75 Å². The fourth-order valence-corrected chi connectivity index (χ4v) is 1.33. The molecule has 2 rings (SSSR count). The van der Waals surface area contributed by atoms with Crippen molar-refractivity contribution in [3.05, 3.63) is 23.8 Å². The van der Waals surface area contributed by atoms with Crippen LogP contribution in [0.3, 0.4) is 0 Å². The number of rotatable bonds is 1. The Morgan fingerprint density at radius 1 is 1.31 bits per heavy atom. The molecule has 0 aliphatic carbocycles. The maximum Gasteiger partial charge on any atom is 0.538 e. The fraction of sp³-hybridized carbons (Fsp3) is 0.250. The number of hydrogen-bond acceptors (Lipinski definition) is 4. The highest BCUT2D eigenvalue weighted by Crippen LogP contribution is 2.40. The lowest BCUT2D eigenvalue weighted by Crippen LogP contribution is -2.36. The fourth-order valence-electron chi connectivity index (χ4n) is 1.33. The van der Waals surface area contributed by atoms with E-state index in [1.807, 2.05) is 0 Å². The van der Waals surface area contributed by atoms with E-state index >= 15 is 0 Å². The molecule has 4 nitrogen and oxygen atoms in total. The predicted molar refractivity (Wildman–Crippen MR) is 46.8 cm³/mol. The van der Waals surface area contributed by atoms with Crippen molar-refractivity contribution >= 4 is 12.6 Å². The van der Waals surface area contributed by atoms with Gasteiger partial charge in [0.15, 0.2) is 0 Å². The van der Waals surface area contributed by atoms with E-state index in [0.717, 1.165) is 18.2 Å². The number of benzene rings is 1. The van der Waals surface area contributed by atoms with Crippen molar-refractivity contribution in [2.24, 2.45) is 0 Å². The molecule has 0 aromatic heterocycles. The summed E-state index contributed by atoms with van der Waals surface area (Å²) in [4.78, 5) is 0. The van der Waals surface area contributed by atoms with Crippen molar-refractivity contribution in [3.8, 4) is 5.75 Å². The molecule has 8 heteroatoms. The molecule has 1 aromatic rings. The van der Waals surface area contributed by atoms with Crippen LogP contribution in [0, 0.1) is 0 Å². The lowest BCUT2D eigenvalue weighted by molar-refractivity contribution is -0.398. The van der Waals surface area contributed by atoms with E-state index in [1.165, 1.54) is 0 Å². The quantitative estimate of drug-likeness (QED) is 0.685. The van der Waals surface area contributed by atoms with Gasteiger partial charge in [0.1, 0.15) is 5.75 Å². The summed E-state index contributed by atoms with van der Waals surface area (Å²) in [7, 11) is -1.82. The zero-order valence-corrected chi connectivity index (χ0v) is 7.73. The second-order valence-electron chi connectivity index (χ2n) is 3.17. The molecule has 0 amide bonds. The SMILES string of the molecule is OB(O)c1ccc2c(c1)C(F)OC(F)(F)O2. The lowest BCUT2D eigenvalue weighted by Gasteiger charge is -2.27. The molecule has 1 aromatic carbocycles. The summed E-state index contributed by atoms with van der Waals surface area (Å²) in [6.45, 7) is 0. The van der Waals surface area contributed by atoms with E-state index < -0.39 is 25.5 Å². The molecule has 86 valence electrons. The van der Waals surface area contributed by atoms with Gasteiger partial charge in [-0.15, -0.1) is 8.78 Å². The van der Waals surface area contributed by atoms with Gasteiger partial charge >= 0.3 is 13.4 Å². The van der Waals surface area contributed by atoms with Crippen LogP contribution < -0.4 is 10.2 Å². The van der Waals surface area contributed by atoms with E-state index in [-0.39, 0.29) is 11.0 Å². The third-order valence-corrected chi connectivity index (χ3v) is 2.05. The Morgan fingerprint density at radius 3 is 2.62 bits per heavy atom. The van der Waals surface area contributed by atoms with Crippen LogP contribution in [0.1, 0.15) is 11.9 Å². The minimum absolute atomic E-state index is 0.0428. The zero-order chi connectivity index (χ0) is 11.9. The average molecular weight is 234 g/mol. The number of fused-ring (bicyclic) bond motifs is 1. The van der Waals surface area contributed by atoms with Crippen molar-refractivity contribution in [2.75, 3.05) is 0 Å². The first-order valence-electron chi connectivity index (χ1n) is 4.28. The third kappa shape index (κ3) is 1.99. The maximum atomic E-state index is 13.2. The molecule has 1 aliphatic heterocycles. The zero-order valence-electron chi connectivity index (χ0n) is 7.73. The summed E-state index contributed by atoms with van der Waals surface area (Å²) in [5.41, 5.74) is -0.352. The van der Waals surface area contributed by atoms with E-state index in [1.54, 1.807) is 0 Å². The van der Waals surface area contributed by atoms with E-state index in [4.69, 9.17) is 10.0 Å². The molecule has 0 bridgehead atoms. The summed E-state index contributed by atoms with van der Waals surface area (Å²) < 4.78 is 46.1. The van der Waals surface area contributed by atoms with Gasteiger partial charge in [-0.25, -0.2) is 9.13 Å². The second-order valence-corrected chi connectivity index (χ2v) is 3.17. The number of hydrogen-bond donors (Lipinski definition) is 2. The summed E-state index contributed by atoms with van der Waals surface area (Å²) in [6, 6.07) is 3.14. The first-order valence-corrected chi connectivity index (χ1v) is 4.28. The minimum Gasteiger partial charge on any atom is -0.423 e. The van der Waals surface area contributed by atoms with E-state index in [2.05, 4.69) is 9.47 Å². The Morgan fingerprint density at radius 2 is 2.00 bits per heavy atom. The van der Waals surface area contributed by atoms with Crippen LogP contribution in [0.25, 0.3) is 0 Å². The highest BCUT2D eigenvalue weighted by molar-refractivity contribution is 6.58. The monoisotopic (exact) mass is 234 g/mol. The van der Waals surface area contributed by atoms with Gasteiger partial charge in [0.2, 0.25) is 6.36 Å². The van der Waals surface area contributed by atoms with Crippen molar-refractivity contribution < 1.29 is 32.7 Å². The van der Waals surface area contributed by atoms with Crippen molar-refractivity contribution in [1.82, 2.24) is 0 Å². The Labute approximate surface area is 88.4 Å². The third-order valence-electron chi connectivity index (χ3n) is 2.05. The summed E-state index contributed by atoms with van der Waals surface area (Å²) in [5.74, 6) is -0.395. The van der Waals surface area contributed by atoms with Crippen molar-refractivity contribution in [1.29, 1.82) is 0 Å². The Bertz CT molecular complexity index is 412. The first kappa shape index (κ1) is 11.2. The Hall–Kier alpha value is -1.25. The van der Waals surface area contributed by atoms with Crippen LogP contribution in [0.2, 0.25) is 0 Å². The smallest absolute Gasteiger partial charge is 0.423 e. The lowest BCUT2D eigenvalue weighted by atomic mass is 9.79. The molecule has 1 unspecified atom stereocenters. The normalized spacial score (nSPS) is 22.2. The molecular weight excluding hydrogens is 228 g/mol. The van der Waals surface area contributed by atoms with E-state index in [9.17, 15) is 13.2 Å². The van der Waals surface area contributed by atoms with Crippen LogP contribution >= 0.6 is 0 Å². The number of halogens is 3. The van der Waals surface area contributed by atoms with Crippen LogP contribution in [0.15, 0.2) is 18.2 Å². The standard InChI is InChI=1S/C8H6BF3O4/c10-7-5-3-4(9(13)14)1-2-6(5)15-8(11,12)16-7/h1-3,7,13-14H. The van der Waals surface area contributed by atoms with Crippen molar-refractivity contribution in [2.45, 2.75) is 12.7 Å². The summed E-state index contributed by atoms with van der Waals surface area (Å²) in [5, 5.41) is 17.6. The largest absolute Gasteiger partial charge is 0.538 e. The number of alkyl halides is 3. The van der Waals surface area contributed by atoms with Crippen LogP contribution in [-0.2, 0) is 4.74 Å². The van der Waals surface area contributed by atoms with Gasteiger partial charge in [-0.05, 0) is 11.5 Å². The molecular formula is C8H6BF3O4. The van der Waals surface area contributed by atoms with Crippen LogP contribution in [-0.4, -0.2) is 23.5 Å². The van der Waals surface area contributed by atoms with Crippen molar-refractivity contribution in [3.63, 3.8) is 0 Å². The molecule has 0 spiro atoms. The molecule has 2 N–H and O–H groups in total. The molecule has 1 atom stereocenters. The second kappa shape index (κ2) is 3.65. The molecule has 0 radical (unpaired) electrons. The molecule has 1 heterocycles. The topological polar surface area (TPSA) is 58.9 Å². The Balaban J connectivity index is 2.41. The van der Waals surface area contributed by atoms with Gasteiger partial charge in [-0.2, -0.15) is 0 Å². The summed E-state index contributed by atoms with van der Waals surface area (Å²) in [6.07, 6.45) is -6.40.